The summed E-state index contributed by atoms with van der Waals surface area (Å²) in [5.74, 6) is 0.600. The first-order chi connectivity index (χ1) is 6.56. The van der Waals surface area contributed by atoms with Gasteiger partial charge in [0, 0.05) is 11.8 Å². The van der Waals surface area contributed by atoms with Gasteiger partial charge in [0.15, 0.2) is 0 Å². The van der Waals surface area contributed by atoms with Crippen LogP contribution in [0.1, 0.15) is 41.5 Å². The molecule has 0 heterocycles. The van der Waals surface area contributed by atoms with Gasteiger partial charge >= 0.3 is 6.09 Å². The lowest BCUT2D eigenvalue weighted by Gasteiger charge is -2.31. The highest BCUT2D eigenvalue weighted by atomic mass is 32.1. The Hall–Kier alpha value is -0.380. The molecule has 0 saturated heterocycles. The number of rotatable bonds is 2. The summed E-state index contributed by atoms with van der Waals surface area (Å²) in [6.45, 7) is 11.7. The van der Waals surface area contributed by atoms with Gasteiger partial charge in [-0.2, -0.15) is 12.6 Å². The summed E-state index contributed by atoms with van der Waals surface area (Å²) >= 11 is 4.22. The zero-order valence-corrected chi connectivity index (χ0v) is 11.4. The highest BCUT2D eigenvalue weighted by Crippen LogP contribution is 2.20. The van der Waals surface area contributed by atoms with Gasteiger partial charge in [-0.05, 0) is 26.2 Å². The van der Waals surface area contributed by atoms with Crippen LogP contribution in [0.15, 0.2) is 0 Å². The van der Waals surface area contributed by atoms with Gasteiger partial charge in [-0.3, -0.25) is 0 Å². The minimum Gasteiger partial charge on any atom is -0.444 e. The van der Waals surface area contributed by atoms with Gasteiger partial charge in [-0.1, -0.05) is 20.8 Å². The van der Waals surface area contributed by atoms with Crippen LogP contribution in [-0.2, 0) is 4.74 Å². The predicted molar refractivity (Wildman–Crippen MR) is 66.5 cm³/mol. The van der Waals surface area contributed by atoms with Gasteiger partial charge in [0.25, 0.3) is 0 Å². The van der Waals surface area contributed by atoms with E-state index in [0.717, 1.165) is 0 Å². The molecular weight excluding hydrogens is 210 g/mol. The van der Waals surface area contributed by atoms with Gasteiger partial charge in [-0.25, -0.2) is 4.79 Å². The summed E-state index contributed by atoms with van der Waals surface area (Å²) in [6, 6.07) is 0.00989. The van der Waals surface area contributed by atoms with Crippen LogP contribution in [0.5, 0.6) is 0 Å². The normalized spacial score (nSPS) is 14.6. The summed E-state index contributed by atoms with van der Waals surface area (Å²) in [5, 5.41) is 2.83. The lowest BCUT2D eigenvalue weighted by molar-refractivity contribution is 0.0475. The summed E-state index contributed by atoms with van der Waals surface area (Å²) in [6.07, 6.45) is -0.378. The maximum atomic E-state index is 11.5. The van der Waals surface area contributed by atoms with Crippen LogP contribution in [0.25, 0.3) is 0 Å². The van der Waals surface area contributed by atoms with E-state index in [-0.39, 0.29) is 17.6 Å². The van der Waals surface area contributed by atoms with Crippen LogP contribution in [0.3, 0.4) is 0 Å². The van der Waals surface area contributed by atoms with Crippen LogP contribution >= 0.6 is 12.6 Å². The second-order valence-corrected chi connectivity index (χ2v) is 6.11. The molecule has 0 radical (unpaired) electrons. The van der Waals surface area contributed by atoms with Crippen molar-refractivity contribution in [1.29, 1.82) is 0 Å². The zero-order valence-electron chi connectivity index (χ0n) is 10.5. The molecule has 0 aliphatic rings. The Morgan fingerprint density at radius 2 is 1.73 bits per heavy atom. The molecule has 0 aromatic heterocycles. The number of carbonyl (C=O) groups excluding carboxylic acids is 1. The lowest BCUT2D eigenvalue weighted by Crippen LogP contribution is -2.46. The van der Waals surface area contributed by atoms with Crippen molar-refractivity contribution >= 4 is 18.7 Å². The fraction of sp³-hybridized carbons (Fsp3) is 0.909. The van der Waals surface area contributed by atoms with Gasteiger partial charge in [-0.15, -0.1) is 0 Å². The minimum absolute atomic E-state index is 0.00989. The molecule has 0 fully saturated rings. The van der Waals surface area contributed by atoms with E-state index in [4.69, 9.17) is 4.74 Å². The van der Waals surface area contributed by atoms with E-state index in [0.29, 0.717) is 5.75 Å². The summed E-state index contributed by atoms with van der Waals surface area (Å²) in [7, 11) is 0. The first-order valence-electron chi connectivity index (χ1n) is 5.16. The Kier molecular flexibility index (Phi) is 4.97. The van der Waals surface area contributed by atoms with E-state index >= 15 is 0 Å². The topological polar surface area (TPSA) is 38.3 Å². The van der Waals surface area contributed by atoms with Crippen LogP contribution in [-0.4, -0.2) is 23.5 Å². The summed E-state index contributed by atoms with van der Waals surface area (Å²) in [4.78, 5) is 11.5. The molecule has 15 heavy (non-hydrogen) atoms. The smallest absolute Gasteiger partial charge is 0.407 e. The maximum absolute atomic E-state index is 11.5. The second-order valence-electron chi connectivity index (χ2n) is 5.75. The van der Waals surface area contributed by atoms with Crippen molar-refractivity contribution in [3.05, 3.63) is 0 Å². The van der Waals surface area contributed by atoms with Gasteiger partial charge in [0.1, 0.15) is 5.60 Å². The van der Waals surface area contributed by atoms with Gasteiger partial charge < -0.3 is 10.1 Å². The molecule has 1 amide bonds. The Morgan fingerprint density at radius 3 is 2.00 bits per heavy atom. The molecule has 0 spiro atoms. The third kappa shape index (κ3) is 6.66. The van der Waals surface area contributed by atoms with Crippen molar-refractivity contribution in [1.82, 2.24) is 5.32 Å². The zero-order chi connectivity index (χ0) is 12.3. The van der Waals surface area contributed by atoms with Crippen LogP contribution in [0.4, 0.5) is 4.79 Å². The Bertz CT molecular complexity index is 216. The molecule has 0 aromatic carbocycles. The fourth-order valence-corrected chi connectivity index (χ4v) is 1.62. The molecule has 0 bridgehead atoms. The Balaban J connectivity index is 4.27. The van der Waals surface area contributed by atoms with Crippen molar-refractivity contribution < 1.29 is 9.53 Å². The molecule has 0 unspecified atom stereocenters. The standard InChI is InChI=1S/C11H23NO2S/c1-10(2,3)8(7-15)12-9(13)14-11(4,5)6/h8,15H,7H2,1-6H3,(H,12,13)/t8-/m1/s1. The molecular formula is C11H23NO2S. The third-order valence-electron chi connectivity index (χ3n) is 1.92. The molecule has 1 N–H and O–H groups in total. The van der Waals surface area contributed by atoms with E-state index < -0.39 is 5.60 Å². The molecule has 0 aliphatic carbocycles. The molecule has 3 nitrogen and oxygen atoms in total. The van der Waals surface area contributed by atoms with Gasteiger partial charge in [0.2, 0.25) is 0 Å². The number of hydrogen-bond donors (Lipinski definition) is 2. The van der Waals surface area contributed by atoms with Crippen LogP contribution < -0.4 is 5.32 Å². The molecule has 0 saturated carbocycles. The fourth-order valence-electron chi connectivity index (χ4n) is 0.986. The van der Waals surface area contributed by atoms with Crippen molar-refractivity contribution in [3.63, 3.8) is 0 Å². The SMILES string of the molecule is CC(C)(C)OC(=O)N[C@H](CS)C(C)(C)C. The molecule has 0 aromatic rings. The number of nitrogens with one attached hydrogen (secondary N) is 1. The van der Waals surface area contributed by atoms with Gasteiger partial charge in [0.05, 0.1) is 0 Å². The van der Waals surface area contributed by atoms with Crippen molar-refractivity contribution in [2.45, 2.75) is 53.2 Å². The Labute approximate surface area is 98.4 Å². The maximum Gasteiger partial charge on any atom is 0.407 e. The average Bonchev–Trinajstić information content (AvgIpc) is 1.94. The molecule has 0 rings (SSSR count). The monoisotopic (exact) mass is 233 g/mol. The first-order valence-corrected chi connectivity index (χ1v) is 5.80. The van der Waals surface area contributed by atoms with E-state index in [1.807, 2.05) is 20.8 Å². The summed E-state index contributed by atoms with van der Waals surface area (Å²) < 4.78 is 5.18. The van der Waals surface area contributed by atoms with E-state index in [1.165, 1.54) is 0 Å². The van der Waals surface area contributed by atoms with E-state index in [9.17, 15) is 4.79 Å². The number of amides is 1. The number of carbonyl (C=O) groups is 1. The lowest BCUT2D eigenvalue weighted by atomic mass is 9.88. The number of hydrogen-bond acceptors (Lipinski definition) is 3. The average molecular weight is 233 g/mol. The molecule has 4 heteroatoms. The highest BCUT2D eigenvalue weighted by Gasteiger charge is 2.27. The van der Waals surface area contributed by atoms with Crippen LogP contribution in [0.2, 0.25) is 0 Å². The first kappa shape index (κ1) is 14.6. The molecule has 90 valence electrons. The van der Waals surface area contributed by atoms with Crippen LogP contribution in [0, 0.1) is 5.41 Å². The van der Waals surface area contributed by atoms with Crippen molar-refractivity contribution in [3.8, 4) is 0 Å². The van der Waals surface area contributed by atoms with Crippen molar-refractivity contribution in [2.24, 2.45) is 5.41 Å². The Morgan fingerprint density at radius 1 is 1.27 bits per heavy atom. The highest BCUT2D eigenvalue weighted by molar-refractivity contribution is 7.80. The largest absolute Gasteiger partial charge is 0.444 e. The molecule has 0 aliphatic heterocycles. The van der Waals surface area contributed by atoms with E-state index in [1.54, 1.807) is 0 Å². The minimum atomic E-state index is -0.455. The summed E-state index contributed by atoms with van der Waals surface area (Å²) in [5.41, 5.74) is -0.470. The molecule has 1 atom stereocenters. The number of alkyl carbamates (subject to hydrolysis) is 1. The quantitative estimate of drug-likeness (QED) is 0.720. The number of thiol groups is 1. The second kappa shape index (κ2) is 5.10. The number of ether oxygens (including phenoxy) is 1. The van der Waals surface area contributed by atoms with E-state index in [2.05, 4.69) is 38.7 Å². The predicted octanol–water partition coefficient (Wildman–Crippen LogP) is 2.86. The third-order valence-corrected chi connectivity index (χ3v) is 2.28. The van der Waals surface area contributed by atoms with Crippen molar-refractivity contribution in [2.75, 3.05) is 5.75 Å².